The summed E-state index contributed by atoms with van der Waals surface area (Å²) in [5.41, 5.74) is 2.89. The number of carbonyl (C=O) groups excluding carboxylic acids is 1. The number of benzene rings is 1. The van der Waals surface area contributed by atoms with Crippen molar-refractivity contribution in [2.24, 2.45) is 0 Å². The van der Waals surface area contributed by atoms with Gasteiger partial charge >= 0.3 is 0 Å². The van der Waals surface area contributed by atoms with Crippen molar-refractivity contribution < 1.29 is 4.79 Å². The molecule has 1 unspecified atom stereocenters. The first kappa shape index (κ1) is 18.2. The highest BCUT2D eigenvalue weighted by Crippen LogP contribution is 2.51. The maximum absolute atomic E-state index is 13.3. The molecule has 4 heterocycles. The molecule has 7 heteroatoms. The molecule has 0 bridgehead atoms. The van der Waals surface area contributed by atoms with Gasteiger partial charge in [0.25, 0.3) is 5.91 Å². The van der Waals surface area contributed by atoms with Crippen LogP contribution in [0, 0.1) is 0 Å². The average molecular weight is 423 g/mol. The fraction of sp³-hybridized carbons (Fsp3) is 0.136. The number of halogens is 2. The zero-order valence-electron chi connectivity index (χ0n) is 15.3. The zero-order valence-corrected chi connectivity index (χ0v) is 16.9. The quantitative estimate of drug-likeness (QED) is 0.585. The molecule has 1 fully saturated rings. The Labute approximate surface area is 178 Å². The second-order valence-corrected chi connectivity index (χ2v) is 7.82. The van der Waals surface area contributed by atoms with Crippen LogP contribution in [0.3, 0.4) is 0 Å². The minimum Gasteiger partial charge on any atom is -0.338 e. The molecule has 1 amide bonds. The van der Waals surface area contributed by atoms with Gasteiger partial charge in [0.05, 0.1) is 17.0 Å². The van der Waals surface area contributed by atoms with E-state index < -0.39 is 5.66 Å². The molecule has 29 heavy (non-hydrogen) atoms. The third-order valence-corrected chi connectivity index (χ3v) is 6.05. The lowest BCUT2D eigenvalue weighted by Crippen LogP contribution is -2.48. The molecule has 2 aromatic heterocycles. The number of hydrogen-bond donors (Lipinski definition) is 0. The Bertz CT molecular complexity index is 1150. The number of hydrogen-bond acceptors (Lipinski definition) is 4. The van der Waals surface area contributed by atoms with Crippen LogP contribution in [-0.4, -0.2) is 38.8 Å². The van der Waals surface area contributed by atoms with Gasteiger partial charge < -0.3 is 9.80 Å². The summed E-state index contributed by atoms with van der Waals surface area (Å²) in [4.78, 5) is 26.0. The number of rotatable bonds is 3. The average Bonchev–Trinajstić information content (AvgIpc) is 3.24. The Hall–Kier alpha value is -2.89. The molecule has 5 nitrogen and oxygen atoms in total. The lowest BCUT2D eigenvalue weighted by molar-refractivity contribution is 0.0586. The van der Waals surface area contributed by atoms with Gasteiger partial charge in [0.15, 0.2) is 5.66 Å². The van der Waals surface area contributed by atoms with Crippen LogP contribution in [0.2, 0.25) is 10.2 Å². The van der Waals surface area contributed by atoms with Gasteiger partial charge in [0.1, 0.15) is 5.15 Å². The highest BCUT2D eigenvalue weighted by Gasteiger charge is 2.58. The van der Waals surface area contributed by atoms with E-state index in [2.05, 4.69) is 21.4 Å². The smallest absolute Gasteiger partial charge is 0.256 e. The van der Waals surface area contributed by atoms with Crippen LogP contribution < -0.4 is 0 Å². The Morgan fingerprint density at radius 2 is 1.86 bits per heavy atom. The summed E-state index contributed by atoms with van der Waals surface area (Å²) < 4.78 is 0. The number of amides is 1. The molecule has 0 spiro atoms. The van der Waals surface area contributed by atoms with E-state index >= 15 is 0 Å². The molecule has 5 rings (SSSR count). The SMILES string of the molecule is C=C(c1cccc(Cl)n1)N1CCN2C(=O)c3ccncc3C12c1ccc(Cl)cc1. The van der Waals surface area contributed by atoms with Gasteiger partial charge in [-0.2, -0.15) is 0 Å². The molecule has 1 saturated heterocycles. The third-order valence-electron chi connectivity index (χ3n) is 5.58. The molecule has 0 N–H and O–H groups in total. The summed E-state index contributed by atoms with van der Waals surface area (Å²) in [5.74, 6) is -0.0216. The van der Waals surface area contributed by atoms with E-state index in [1.807, 2.05) is 41.3 Å². The van der Waals surface area contributed by atoms with Gasteiger partial charge in [-0.3, -0.25) is 9.78 Å². The van der Waals surface area contributed by atoms with Crippen LogP contribution in [0.25, 0.3) is 5.70 Å². The van der Waals surface area contributed by atoms with Crippen molar-refractivity contribution in [2.45, 2.75) is 5.66 Å². The lowest BCUT2D eigenvalue weighted by atomic mass is 9.90. The topological polar surface area (TPSA) is 49.3 Å². The van der Waals surface area contributed by atoms with Crippen LogP contribution in [0.1, 0.15) is 27.2 Å². The maximum atomic E-state index is 13.3. The highest BCUT2D eigenvalue weighted by atomic mass is 35.5. The van der Waals surface area contributed by atoms with E-state index in [-0.39, 0.29) is 5.91 Å². The second-order valence-electron chi connectivity index (χ2n) is 7.00. The molecule has 3 aromatic rings. The van der Waals surface area contributed by atoms with Crippen LogP contribution in [0.4, 0.5) is 0 Å². The van der Waals surface area contributed by atoms with Crippen LogP contribution in [0.15, 0.2) is 67.5 Å². The highest BCUT2D eigenvalue weighted by molar-refractivity contribution is 6.30. The normalized spacial score (nSPS) is 20.0. The third kappa shape index (κ3) is 2.51. The van der Waals surface area contributed by atoms with Gasteiger partial charge in [-0.25, -0.2) is 4.98 Å². The fourth-order valence-corrected chi connectivity index (χ4v) is 4.69. The summed E-state index contributed by atoms with van der Waals surface area (Å²) in [5, 5.41) is 1.03. The monoisotopic (exact) mass is 422 g/mol. The minimum atomic E-state index is -0.855. The van der Waals surface area contributed by atoms with E-state index in [1.165, 1.54) is 0 Å². The minimum absolute atomic E-state index is 0.0216. The Morgan fingerprint density at radius 3 is 2.62 bits per heavy atom. The first-order valence-corrected chi connectivity index (χ1v) is 9.91. The maximum Gasteiger partial charge on any atom is 0.256 e. The van der Waals surface area contributed by atoms with Gasteiger partial charge in [0.2, 0.25) is 0 Å². The van der Waals surface area contributed by atoms with E-state index in [0.29, 0.717) is 40.2 Å². The number of carbonyl (C=O) groups is 1. The summed E-state index contributed by atoms with van der Waals surface area (Å²) >= 11 is 12.3. The summed E-state index contributed by atoms with van der Waals surface area (Å²) in [7, 11) is 0. The molecule has 0 saturated carbocycles. The molecular weight excluding hydrogens is 407 g/mol. The molecule has 2 aliphatic heterocycles. The molecule has 2 aliphatic rings. The van der Waals surface area contributed by atoms with Crippen molar-refractivity contribution in [2.75, 3.05) is 13.1 Å². The van der Waals surface area contributed by atoms with Crippen molar-refractivity contribution in [1.29, 1.82) is 0 Å². The van der Waals surface area contributed by atoms with Crippen molar-refractivity contribution in [3.63, 3.8) is 0 Å². The number of pyridine rings is 2. The standard InChI is InChI=1S/C22H16Cl2N4O/c1-14(19-3-2-4-20(24)26-19)27-11-12-28-21(29)17-9-10-25-13-18(17)22(27,28)15-5-7-16(23)8-6-15/h2-10,13H,1,11-12H2. The van der Waals surface area contributed by atoms with Crippen LogP contribution >= 0.6 is 23.2 Å². The molecule has 0 radical (unpaired) electrons. The number of nitrogens with zero attached hydrogens (tertiary/aromatic N) is 4. The summed E-state index contributed by atoms with van der Waals surface area (Å²) in [6.45, 7) is 5.47. The van der Waals surface area contributed by atoms with Gasteiger partial charge in [-0.05, 0) is 30.3 Å². The van der Waals surface area contributed by atoms with Crippen LogP contribution in [-0.2, 0) is 5.66 Å². The number of fused-ring (bicyclic) bond motifs is 3. The summed E-state index contributed by atoms with van der Waals surface area (Å²) in [6.07, 6.45) is 3.41. The van der Waals surface area contributed by atoms with Gasteiger partial charge in [-0.1, -0.05) is 48.0 Å². The van der Waals surface area contributed by atoms with Crippen molar-refractivity contribution >= 4 is 34.8 Å². The Kier molecular flexibility index (Phi) is 4.12. The van der Waals surface area contributed by atoms with Crippen molar-refractivity contribution in [3.05, 3.63) is 100 Å². The predicted octanol–water partition coefficient (Wildman–Crippen LogP) is 4.43. The molecule has 1 aromatic carbocycles. The molecule has 0 aliphatic carbocycles. The van der Waals surface area contributed by atoms with E-state index in [4.69, 9.17) is 23.2 Å². The van der Waals surface area contributed by atoms with E-state index in [0.717, 1.165) is 11.1 Å². The van der Waals surface area contributed by atoms with Crippen molar-refractivity contribution in [3.8, 4) is 0 Å². The van der Waals surface area contributed by atoms with Crippen LogP contribution in [0.5, 0.6) is 0 Å². The Morgan fingerprint density at radius 1 is 1.07 bits per heavy atom. The zero-order chi connectivity index (χ0) is 20.2. The second kappa shape index (κ2) is 6.58. The molecular formula is C22H16Cl2N4O. The van der Waals surface area contributed by atoms with Gasteiger partial charge in [0, 0.05) is 41.6 Å². The van der Waals surface area contributed by atoms with Crippen molar-refractivity contribution in [1.82, 2.24) is 19.8 Å². The molecule has 144 valence electrons. The van der Waals surface area contributed by atoms with E-state index in [1.54, 1.807) is 24.5 Å². The first-order valence-electron chi connectivity index (χ1n) is 9.15. The van der Waals surface area contributed by atoms with E-state index in [9.17, 15) is 4.79 Å². The number of aromatic nitrogens is 2. The summed E-state index contributed by atoms with van der Waals surface area (Å²) in [6, 6.07) is 14.8. The molecule has 1 atom stereocenters. The Balaban J connectivity index is 1.75. The first-order chi connectivity index (χ1) is 14.0. The fourth-order valence-electron chi connectivity index (χ4n) is 4.40. The lowest BCUT2D eigenvalue weighted by Gasteiger charge is -2.42. The van der Waals surface area contributed by atoms with Gasteiger partial charge in [-0.15, -0.1) is 0 Å². The predicted molar refractivity (Wildman–Crippen MR) is 112 cm³/mol. The largest absolute Gasteiger partial charge is 0.338 e.